The highest BCUT2D eigenvalue weighted by molar-refractivity contribution is 8.14. The molecule has 2 N–H and O–H groups in total. The molecule has 0 atom stereocenters. The molecular formula is C28H30Cl2N4O6S. The quantitative estimate of drug-likeness (QED) is 0.224. The third-order valence-electron chi connectivity index (χ3n) is 5.77. The summed E-state index contributed by atoms with van der Waals surface area (Å²) in [5.41, 5.74) is 4.12. The Morgan fingerprint density at radius 1 is 0.878 bits per heavy atom. The van der Waals surface area contributed by atoms with Crippen molar-refractivity contribution in [3.63, 3.8) is 0 Å². The summed E-state index contributed by atoms with van der Waals surface area (Å²) in [4.78, 5) is 31.9. The van der Waals surface area contributed by atoms with Gasteiger partial charge in [0.15, 0.2) is 23.0 Å². The minimum atomic E-state index is -0.260. The summed E-state index contributed by atoms with van der Waals surface area (Å²) in [5, 5.41) is 6.84. The molecule has 1 aromatic heterocycles. The first-order valence-electron chi connectivity index (χ1n) is 12.2. The number of carbonyl (C=O) groups excluding carboxylic acids is 2. The molecule has 0 saturated heterocycles. The second kappa shape index (κ2) is 15.4. The number of thioether (sulfide) groups is 1. The Kier molecular flexibility index (Phi) is 11.9. The van der Waals surface area contributed by atoms with Gasteiger partial charge in [0, 0.05) is 29.9 Å². The number of benzene rings is 2. The zero-order valence-electron chi connectivity index (χ0n) is 23.2. The maximum Gasteiger partial charge on any atom is 0.239 e. The number of alkyl halides is 1. The molecule has 0 fully saturated rings. The smallest absolute Gasteiger partial charge is 0.239 e. The fourth-order valence-electron chi connectivity index (χ4n) is 3.71. The molecule has 218 valence electrons. The van der Waals surface area contributed by atoms with Gasteiger partial charge >= 0.3 is 0 Å². The van der Waals surface area contributed by atoms with Gasteiger partial charge in [0.25, 0.3) is 0 Å². The second-order valence-electron chi connectivity index (χ2n) is 8.38. The van der Waals surface area contributed by atoms with E-state index in [0.717, 1.165) is 21.9 Å². The number of pyridine rings is 1. The van der Waals surface area contributed by atoms with Crippen molar-refractivity contribution in [3.05, 3.63) is 58.9 Å². The molecule has 0 saturated carbocycles. The van der Waals surface area contributed by atoms with Gasteiger partial charge in [0.2, 0.25) is 11.8 Å². The van der Waals surface area contributed by atoms with Crippen LogP contribution in [0.2, 0.25) is 5.15 Å². The van der Waals surface area contributed by atoms with Gasteiger partial charge in [-0.15, -0.1) is 23.4 Å². The molecule has 3 aromatic rings. The third kappa shape index (κ3) is 8.66. The van der Waals surface area contributed by atoms with E-state index >= 15 is 0 Å². The van der Waals surface area contributed by atoms with Crippen molar-refractivity contribution in [2.75, 3.05) is 50.7 Å². The minimum absolute atomic E-state index is 0.0751. The Labute approximate surface area is 252 Å². The number of aromatic nitrogens is 1. The maximum atomic E-state index is 12.2. The minimum Gasteiger partial charge on any atom is -0.493 e. The predicted molar refractivity (Wildman–Crippen MR) is 164 cm³/mol. The van der Waals surface area contributed by atoms with Crippen molar-refractivity contribution in [2.45, 2.75) is 13.3 Å². The van der Waals surface area contributed by atoms with Gasteiger partial charge in [0.05, 0.1) is 51.1 Å². The Bertz CT molecular complexity index is 1440. The fourth-order valence-corrected chi connectivity index (χ4v) is 4.71. The van der Waals surface area contributed by atoms with Crippen LogP contribution in [0.5, 0.6) is 23.0 Å². The third-order valence-corrected chi connectivity index (χ3v) is 7.37. The van der Waals surface area contributed by atoms with E-state index < -0.39 is 0 Å². The molecule has 1 aliphatic rings. The van der Waals surface area contributed by atoms with Gasteiger partial charge in [-0.1, -0.05) is 11.6 Å². The SMILES string of the molecule is COc1ccc(NC(=O)CCl)cc1OC.COc1ccc(NC(=O)CSC2=Nc3cnc(Cl)c(C)c3C2)cc1OC. The molecule has 41 heavy (non-hydrogen) atoms. The highest BCUT2D eigenvalue weighted by Gasteiger charge is 2.20. The summed E-state index contributed by atoms with van der Waals surface area (Å²) in [6.45, 7) is 1.93. The average molecular weight is 622 g/mol. The van der Waals surface area contributed by atoms with Crippen LogP contribution in [0, 0.1) is 6.92 Å². The van der Waals surface area contributed by atoms with E-state index in [1.165, 1.54) is 18.9 Å². The van der Waals surface area contributed by atoms with Crippen LogP contribution >= 0.6 is 35.0 Å². The van der Waals surface area contributed by atoms with Crippen LogP contribution in [0.3, 0.4) is 0 Å². The van der Waals surface area contributed by atoms with Crippen LogP contribution in [0.1, 0.15) is 11.1 Å². The summed E-state index contributed by atoms with van der Waals surface area (Å²) >= 11 is 12.8. The molecule has 0 aliphatic carbocycles. The normalized spacial score (nSPS) is 11.3. The fraction of sp³-hybridized carbons (Fsp3) is 0.286. The maximum absolute atomic E-state index is 12.2. The van der Waals surface area contributed by atoms with E-state index in [4.69, 9.17) is 42.1 Å². The first kappa shape index (κ1) is 31.9. The number of aliphatic imine (C=N–C) groups is 1. The van der Waals surface area contributed by atoms with E-state index in [-0.39, 0.29) is 23.4 Å². The molecule has 0 bridgehead atoms. The highest BCUT2D eigenvalue weighted by atomic mass is 35.5. The van der Waals surface area contributed by atoms with Crippen molar-refractivity contribution in [3.8, 4) is 23.0 Å². The molecule has 0 unspecified atom stereocenters. The van der Waals surface area contributed by atoms with Crippen molar-refractivity contribution in [1.29, 1.82) is 0 Å². The Morgan fingerprint density at radius 2 is 1.41 bits per heavy atom. The Hall–Kier alpha value is -3.67. The molecule has 1 aliphatic heterocycles. The van der Waals surface area contributed by atoms with E-state index in [1.54, 1.807) is 63.9 Å². The van der Waals surface area contributed by atoms with Gasteiger partial charge in [-0.25, -0.2) is 9.98 Å². The first-order chi connectivity index (χ1) is 19.7. The van der Waals surface area contributed by atoms with Crippen LogP contribution in [0.4, 0.5) is 17.1 Å². The van der Waals surface area contributed by atoms with Crippen LogP contribution in [0.25, 0.3) is 0 Å². The van der Waals surface area contributed by atoms with Gasteiger partial charge < -0.3 is 29.6 Å². The first-order valence-corrected chi connectivity index (χ1v) is 14.1. The second-order valence-corrected chi connectivity index (χ2v) is 10.1. The van der Waals surface area contributed by atoms with Crippen LogP contribution in [0.15, 0.2) is 47.6 Å². The molecule has 2 aromatic carbocycles. The highest BCUT2D eigenvalue weighted by Crippen LogP contribution is 2.35. The average Bonchev–Trinajstić information content (AvgIpc) is 3.42. The van der Waals surface area contributed by atoms with Gasteiger partial charge in [-0.2, -0.15) is 0 Å². The summed E-state index contributed by atoms with van der Waals surface area (Å²) in [5.74, 6) is 2.16. The van der Waals surface area contributed by atoms with E-state index in [9.17, 15) is 9.59 Å². The number of nitrogens with zero attached hydrogens (tertiary/aromatic N) is 2. The number of hydrogen-bond acceptors (Lipinski definition) is 9. The Morgan fingerprint density at radius 3 is 1.93 bits per heavy atom. The number of hydrogen-bond donors (Lipinski definition) is 2. The summed E-state index contributed by atoms with van der Waals surface area (Å²) in [6, 6.07) is 10.3. The standard InChI is InChI=1S/C18H18ClN3O3S.C10H12ClNO3/c1-10-12-7-17(22-13(12)8-20-18(10)19)26-9-16(23)21-11-4-5-14(24-2)15(6-11)25-3;1-14-8-4-3-7(5-9(8)15-2)12-10(13)6-11/h4-6,8H,7,9H2,1-3H3,(H,21,23);3-5H,6H2,1-2H3,(H,12,13). The van der Waals surface area contributed by atoms with Gasteiger partial charge in [-0.3, -0.25) is 9.59 Å². The van der Waals surface area contributed by atoms with Crippen molar-refractivity contribution >= 4 is 68.9 Å². The number of fused-ring (bicyclic) bond motifs is 1. The topological polar surface area (TPSA) is 120 Å². The van der Waals surface area contributed by atoms with Crippen LogP contribution in [-0.4, -0.2) is 61.9 Å². The molecule has 13 heteroatoms. The van der Waals surface area contributed by atoms with Crippen LogP contribution in [-0.2, 0) is 16.0 Å². The summed E-state index contributed by atoms with van der Waals surface area (Å²) in [6.07, 6.45) is 2.35. The van der Waals surface area contributed by atoms with Gasteiger partial charge in [0.1, 0.15) is 11.0 Å². The number of halogens is 2. The molecule has 0 spiro atoms. The van der Waals surface area contributed by atoms with E-state index in [0.29, 0.717) is 45.9 Å². The molecule has 2 amide bonds. The van der Waals surface area contributed by atoms with Crippen LogP contribution < -0.4 is 29.6 Å². The lowest BCUT2D eigenvalue weighted by atomic mass is 10.1. The lowest BCUT2D eigenvalue weighted by molar-refractivity contribution is -0.114. The number of carbonyl (C=O) groups is 2. The van der Waals surface area contributed by atoms with Gasteiger partial charge in [-0.05, 0) is 42.3 Å². The number of methoxy groups -OCH3 is 4. The zero-order valence-corrected chi connectivity index (χ0v) is 25.5. The number of amides is 2. The number of nitrogens with one attached hydrogen (secondary N) is 2. The molecule has 10 nitrogen and oxygen atoms in total. The largest absolute Gasteiger partial charge is 0.493 e. The molecule has 4 rings (SSSR count). The number of anilines is 2. The summed E-state index contributed by atoms with van der Waals surface area (Å²) in [7, 11) is 6.20. The molecule has 0 radical (unpaired) electrons. The Balaban J connectivity index is 0.000000263. The molecule has 2 heterocycles. The van der Waals surface area contributed by atoms with Crippen molar-refractivity contribution in [2.24, 2.45) is 4.99 Å². The van der Waals surface area contributed by atoms with E-state index in [2.05, 4.69) is 20.6 Å². The van der Waals surface area contributed by atoms with E-state index in [1.807, 2.05) is 6.92 Å². The predicted octanol–water partition coefficient (Wildman–Crippen LogP) is 5.90. The number of rotatable bonds is 9. The molecular weight excluding hydrogens is 591 g/mol. The monoisotopic (exact) mass is 620 g/mol. The summed E-state index contributed by atoms with van der Waals surface area (Å²) < 4.78 is 20.6. The van der Waals surface area contributed by atoms with Crippen molar-refractivity contribution in [1.82, 2.24) is 4.98 Å². The number of ether oxygens (including phenoxy) is 4. The lowest BCUT2D eigenvalue weighted by Crippen LogP contribution is -2.15. The van der Waals surface area contributed by atoms with Crippen molar-refractivity contribution < 1.29 is 28.5 Å². The zero-order chi connectivity index (χ0) is 29.9. The lowest BCUT2D eigenvalue weighted by Gasteiger charge is -2.10.